The van der Waals surface area contributed by atoms with Crippen molar-refractivity contribution in [1.82, 2.24) is 5.32 Å². The minimum atomic E-state index is 0.543. The van der Waals surface area contributed by atoms with Crippen LogP contribution in [0.1, 0.15) is 31.4 Å². The van der Waals surface area contributed by atoms with Gasteiger partial charge in [0.1, 0.15) is 0 Å². The van der Waals surface area contributed by atoms with Gasteiger partial charge in [0.15, 0.2) is 0 Å². The van der Waals surface area contributed by atoms with Crippen molar-refractivity contribution in [2.24, 2.45) is 5.92 Å². The van der Waals surface area contributed by atoms with E-state index in [4.69, 9.17) is 0 Å². The fraction of sp³-hybridized carbons (Fsp3) is 0.500. The Balaban J connectivity index is 2.12. The molecular formula is C12H16BrN. The molecular weight excluding hydrogens is 238 g/mol. The minimum absolute atomic E-state index is 0.543. The molecule has 0 aliphatic carbocycles. The number of hydrogen-bond acceptors (Lipinski definition) is 1. The van der Waals surface area contributed by atoms with Crippen molar-refractivity contribution in [1.29, 1.82) is 0 Å². The van der Waals surface area contributed by atoms with E-state index < -0.39 is 0 Å². The fourth-order valence-corrected chi connectivity index (χ4v) is 2.58. The summed E-state index contributed by atoms with van der Waals surface area (Å²) < 4.78 is 1.23. The molecule has 0 amide bonds. The zero-order valence-electron chi connectivity index (χ0n) is 8.46. The molecule has 0 spiro atoms. The number of nitrogens with one attached hydrogen (secondary N) is 1. The van der Waals surface area contributed by atoms with Crippen LogP contribution in [-0.4, -0.2) is 6.54 Å². The predicted octanol–water partition coefficient (Wildman–Crippen LogP) is 3.51. The van der Waals surface area contributed by atoms with Gasteiger partial charge >= 0.3 is 0 Å². The highest BCUT2D eigenvalue weighted by molar-refractivity contribution is 9.10. The van der Waals surface area contributed by atoms with E-state index in [2.05, 4.69) is 52.4 Å². The summed E-state index contributed by atoms with van der Waals surface area (Å²) in [7, 11) is 0. The molecule has 1 aliphatic heterocycles. The monoisotopic (exact) mass is 253 g/mol. The first kappa shape index (κ1) is 10.2. The molecule has 2 atom stereocenters. The molecule has 1 fully saturated rings. The number of hydrogen-bond donors (Lipinski definition) is 1. The third-order valence-corrected chi connectivity index (χ3v) is 3.66. The lowest BCUT2D eigenvalue weighted by Gasteiger charge is -2.28. The first-order chi connectivity index (χ1) is 6.77. The molecule has 0 radical (unpaired) electrons. The van der Waals surface area contributed by atoms with Crippen molar-refractivity contribution >= 4 is 15.9 Å². The Morgan fingerprint density at radius 2 is 2.07 bits per heavy atom. The zero-order valence-corrected chi connectivity index (χ0v) is 10.0. The smallest absolute Gasteiger partial charge is 0.0331 e. The normalized spacial score (nSPS) is 27.6. The van der Waals surface area contributed by atoms with Crippen LogP contribution in [0.25, 0.3) is 0 Å². The number of benzene rings is 1. The van der Waals surface area contributed by atoms with E-state index >= 15 is 0 Å². The topological polar surface area (TPSA) is 12.0 Å². The molecule has 0 saturated carbocycles. The summed E-state index contributed by atoms with van der Waals surface area (Å²) >= 11 is 3.61. The van der Waals surface area contributed by atoms with Crippen LogP contribution in [0.2, 0.25) is 0 Å². The van der Waals surface area contributed by atoms with E-state index in [1.165, 1.54) is 22.9 Å². The van der Waals surface area contributed by atoms with Gasteiger partial charge in [0.2, 0.25) is 0 Å². The molecule has 0 aromatic heterocycles. The largest absolute Gasteiger partial charge is 0.310 e. The molecule has 76 valence electrons. The molecule has 2 rings (SSSR count). The second-order valence-electron chi connectivity index (χ2n) is 4.16. The molecule has 1 aromatic carbocycles. The highest BCUT2D eigenvalue weighted by Crippen LogP contribution is 2.30. The predicted molar refractivity (Wildman–Crippen MR) is 63.3 cm³/mol. The van der Waals surface area contributed by atoms with Crippen LogP contribution >= 0.6 is 15.9 Å². The summed E-state index contributed by atoms with van der Waals surface area (Å²) in [6.07, 6.45) is 2.59. The Bertz CT molecular complexity index is 303. The number of piperidine rings is 1. The van der Waals surface area contributed by atoms with Crippen molar-refractivity contribution < 1.29 is 0 Å². The lowest BCUT2D eigenvalue weighted by Crippen LogP contribution is -2.31. The first-order valence-corrected chi connectivity index (χ1v) is 6.04. The summed E-state index contributed by atoms with van der Waals surface area (Å²) in [5, 5.41) is 3.60. The maximum absolute atomic E-state index is 3.61. The summed E-state index contributed by atoms with van der Waals surface area (Å²) in [4.78, 5) is 0. The zero-order chi connectivity index (χ0) is 9.97. The highest BCUT2D eigenvalue weighted by Gasteiger charge is 2.19. The van der Waals surface area contributed by atoms with Crippen molar-refractivity contribution in [3.63, 3.8) is 0 Å². The van der Waals surface area contributed by atoms with Gasteiger partial charge in [0.05, 0.1) is 0 Å². The molecule has 0 unspecified atom stereocenters. The fourth-order valence-electron chi connectivity index (χ4n) is 2.02. The lowest BCUT2D eigenvalue weighted by atomic mass is 9.92. The highest BCUT2D eigenvalue weighted by atomic mass is 79.9. The van der Waals surface area contributed by atoms with Crippen molar-refractivity contribution in [3.05, 3.63) is 34.3 Å². The molecule has 1 nitrogen and oxygen atoms in total. The van der Waals surface area contributed by atoms with Gasteiger partial charge in [-0.15, -0.1) is 0 Å². The SMILES string of the molecule is C[C@H]1CC[C@H](c2ccccc2Br)NC1. The van der Waals surface area contributed by atoms with Gasteiger partial charge in [0.25, 0.3) is 0 Å². The molecule has 1 heterocycles. The molecule has 0 bridgehead atoms. The molecule has 1 N–H and O–H groups in total. The van der Waals surface area contributed by atoms with E-state index in [0.29, 0.717) is 6.04 Å². The summed E-state index contributed by atoms with van der Waals surface area (Å²) in [5.74, 6) is 0.828. The van der Waals surface area contributed by atoms with E-state index in [0.717, 1.165) is 12.5 Å². The van der Waals surface area contributed by atoms with E-state index in [1.807, 2.05) is 0 Å². The number of rotatable bonds is 1. The molecule has 1 saturated heterocycles. The van der Waals surface area contributed by atoms with Gasteiger partial charge in [-0.05, 0) is 36.9 Å². The van der Waals surface area contributed by atoms with Crippen LogP contribution in [0.5, 0.6) is 0 Å². The summed E-state index contributed by atoms with van der Waals surface area (Å²) in [6, 6.07) is 9.05. The van der Waals surface area contributed by atoms with Crippen molar-refractivity contribution in [2.45, 2.75) is 25.8 Å². The Kier molecular flexibility index (Phi) is 3.24. The van der Waals surface area contributed by atoms with Crippen LogP contribution in [0, 0.1) is 5.92 Å². The Hall–Kier alpha value is -0.340. The Labute approximate surface area is 94.0 Å². The van der Waals surface area contributed by atoms with Crippen molar-refractivity contribution in [3.8, 4) is 0 Å². The molecule has 14 heavy (non-hydrogen) atoms. The van der Waals surface area contributed by atoms with Gasteiger partial charge in [-0.2, -0.15) is 0 Å². The molecule has 2 heteroatoms. The maximum atomic E-state index is 3.61. The Morgan fingerprint density at radius 3 is 2.71 bits per heavy atom. The van der Waals surface area contributed by atoms with Gasteiger partial charge in [-0.1, -0.05) is 41.1 Å². The molecule has 1 aromatic rings. The van der Waals surface area contributed by atoms with Crippen LogP contribution in [0.15, 0.2) is 28.7 Å². The second kappa shape index (κ2) is 4.45. The third kappa shape index (κ3) is 2.18. The third-order valence-electron chi connectivity index (χ3n) is 2.94. The first-order valence-electron chi connectivity index (χ1n) is 5.25. The van der Waals surface area contributed by atoms with Crippen LogP contribution in [0.3, 0.4) is 0 Å². The lowest BCUT2D eigenvalue weighted by molar-refractivity contribution is 0.332. The standard InChI is InChI=1S/C12H16BrN/c1-9-6-7-12(14-8-9)10-4-2-3-5-11(10)13/h2-5,9,12,14H,6-8H2,1H3/t9-,12+/m0/s1. The van der Waals surface area contributed by atoms with Crippen molar-refractivity contribution in [2.75, 3.05) is 6.54 Å². The molecule has 1 aliphatic rings. The van der Waals surface area contributed by atoms with E-state index in [-0.39, 0.29) is 0 Å². The Morgan fingerprint density at radius 1 is 1.29 bits per heavy atom. The maximum Gasteiger partial charge on any atom is 0.0331 e. The van der Waals surface area contributed by atoms with Gasteiger partial charge in [-0.3, -0.25) is 0 Å². The van der Waals surface area contributed by atoms with E-state index in [1.54, 1.807) is 0 Å². The summed E-state index contributed by atoms with van der Waals surface area (Å²) in [5.41, 5.74) is 1.40. The van der Waals surface area contributed by atoms with Gasteiger partial charge in [0, 0.05) is 10.5 Å². The van der Waals surface area contributed by atoms with Crippen LogP contribution in [-0.2, 0) is 0 Å². The summed E-state index contributed by atoms with van der Waals surface area (Å²) in [6.45, 7) is 3.45. The van der Waals surface area contributed by atoms with Crippen LogP contribution in [0.4, 0.5) is 0 Å². The second-order valence-corrected chi connectivity index (χ2v) is 5.02. The van der Waals surface area contributed by atoms with Crippen LogP contribution < -0.4 is 5.32 Å². The van der Waals surface area contributed by atoms with E-state index in [9.17, 15) is 0 Å². The number of halogens is 1. The average molecular weight is 254 g/mol. The van der Waals surface area contributed by atoms with Gasteiger partial charge < -0.3 is 5.32 Å². The minimum Gasteiger partial charge on any atom is -0.310 e. The van der Waals surface area contributed by atoms with Gasteiger partial charge in [-0.25, -0.2) is 0 Å². The quantitative estimate of drug-likeness (QED) is 0.808. The average Bonchev–Trinajstić information content (AvgIpc) is 2.20.